The Bertz CT molecular complexity index is 636. The molecule has 1 unspecified atom stereocenters. The highest BCUT2D eigenvalue weighted by molar-refractivity contribution is 6.36. The first-order valence-electron chi connectivity index (χ1n) is 6.45. The minimum absolute atomic E-state index is 0.00194. The number of carbonyl (C=O) groups excluding carboxylic acids is 1. The first kappa shape index (κ1) is 15.6. The van der Waals surface area contributed by atoms with Crippen LogP contribution in [0.3, 0.4) is 0 Å². The van der Waals surface area contributed by atoms with Crippen molar-refractivity contribution in [2.24, 2.45) is 4.99 Å². The molecule has 8 nitrogen and oxygen atoms in total. The Balaban J connectivity index is 2.21. The van der Waals surface area contributed by atoms with E-state index < -0.39 is 16.9 Å². The molecule has 2 rings (SSSR count). The quantitative estimate of drug-likeness (QED) is 0.384. The number of nitro benzene ring substituents is 1. The molecule has 0 radical (unpaired) electrons. The number of rotatable bonds is 5. The number of aliphatic imine (C=N–C) groups is 1. The number of methoxy groups -OCH3 is 1. The zero-order chi connectivity index (χ0) is 16.1. The molecule has 0 saturated carbocycles. The molecule has 0 spiro atoms. The Morgan fingerprint density at radius 2 is 2.09 bits per heavy atom. The lowest BCUT2D eigenvalue weighted by molar-refractivity contribution is -0.384. The van der Waals surface area contributed by atoms with Crippen molar-refractivity contribution in [3.8, 4) is 0 Å². The van der Waals surface area contributed by atoms with Gasteiger partial charge in [-0.2, -0.15) is 0 Å². The average molecular weight is 305 g/mol. The topological polar surface area (TPSA) is 103 Å². The van der Waals surface area contributed by atoms with Gasteiger partial charge in [-0.3, -0.25) is 10.1 Å². The molecule has 1 aliphatic heterocycles. The first-order chi connectivity index (χ1) is 10.5. The van der Waals surface area contributed by atoms with Crippen molar-refractivity contribution in [1.29, 1.82) is 0 Å². The van der Waals surface area contributed by atoms with Crippen LogP contribution < -0.4 is 5.32 Å². The van der Waals surface area contributed by atoms with Crippen LogP contribution in [0.15, 0.2) is 41.0 Å². The van der Waals surface area contributed by atoms with Gasteiger partial charge >= 0.3 is 5.97 Å². The molecule has 116 valence electrons. The molecular formula is C14H15N3O5. The van der Waals surface area contributed by atoms with Crippen molar-refractivity contribution >= 4 is 17.5 Å². The third-order valence-electron chi connectivity index (χ3n) is 2.94. The van der Waals surface area contributed by atoms with E-state index in [4.69, 9.17) is 4.74 Å². The second-order valence-corrected chi connectivity index (χ2v) is 4.58. The summed E-state index contributed by atoms with van der Waals surface area (Å²) in [6.07, 6.45) is 1.81. The van der Waals surface area contributed by atoms with Gasteiger partial charge in [0.15, 0.2) is 6.79 Å². The fourth-order valence-electron chi connectivity index (χ4n) is 1.92. The van der Waals surface area contributed by atoms with Crippen LogP contribution in [-0.4, -0.2) is 30.6 Å². The summed E-state index contributed by atoms with van der Waals surface area (Å²) in [7, 11) is 1.41. The maximum absolute atomic E-state index is 11.8. The molecule has 1 heterocycles. The number of nitrogens with one attached hydrogen (secondary N) is 1. The van der Waals surface area contributed by atoms with E-state index in [0.29, 0.717) is 0 Å². The van der Waals surface area contributed by atoms with Crippen molar-refractivity contribution in [2.45, 2.75) is 13.0 Å². The summed E-state index contributed by atoms with van der Waals surface area (Å²) in [5.41, 5.74) is 1.48. The second-order valence-electron chi connectivity index (χ2n) is 4.58. The summed E-state index contributed by atoms with van der Waals surface area (Å²) in [5.74, 6) is -0.554. The number of benzene rings is 1. The number of allylic oxidation sites excluding steroid dienone is 1. The number of nitrogens with zero attached hydrogens (tertiary/aromatic N) is 2. The lowest BCUT2D eigenvalue weighted by Crippen LogP contribution is -2.35. The molecule has 1 atom stereocenters. The maximum Gasteiger partial charge on any atom is 0.376 e. The highest BCUT2D eigenvalue weighted by atomic mass is 16.7. The molecule has 1 aromatic rings. The van der Waals surface area contributed by atoms with Crippen molar-refractivity contribution in [3.05, 3.63) is 51.7 Å². The minimum Gasteiger partial charge on any atom is -0.433 e. The highest BCUT2D eigenvalue weighted by Gasteiger charge is 2.21. The fraction of sp³-hybridized carbons (Fsp3) is 0.286. The summed E-state index contributed by atoms with van der Waals surface area (Å²) in [6, 6.07) is 5.61. The number of esters is 1. The molecular weight excluding hydrogens is 290 g/mol. The monoisotopic (exact) mass is 305 g/mol. The first-order valence-corrected chi connectivity index (χ1v) is 6.45. The van der Waals surface area contributed by atoms with Crippen LogP contribution in [0.1, 0.15) is 18.5 Å². The van der Waals surface area contributed by atoms with E-state index in [-0.39, 0.29) is 18.3 Å². The van der Waals surface area contributed by atoms with Crippen LogP contribution in [0.2, 0.25) is 0 Å². The molecule has 0 fully saturated rings. The number of amidine groups is 1. The summed E-state index contributed by atoms with van der Waals surface area (Å²) in [4.78, 5) is 26.3. The second kappa shape index (κ2) is 6.81. The summed E-state index contributed by atoms with van der Waals surface area (Å²) >= 11 is 0. The Morgan fingerprint density at radius 1 is 1.41 bits per heavy atom. The number of hydrogen-bond donors (Lipinski definition) is 1. The lowest BCUT2D eigenvalue weighted by atomic mass is 10.0. The predicted octanol–water partition coefficient (Wildman–Crippen LogP) is 1.69. The van der Waals surface area contributed by atoms with Crippen LogP contribution in [0.5, 0.6) is 0 Å². The standard InChI is InChI=1S/C14H15N3O5/c1-9-7-12(10-3-5-11(6-4-10)17(19)20)16-13(15-9)14(18)22-8-21-2/h3-7,12H,8H2,1-2H3,(H,15,16). The third-order valence-corrected chi connectivity index (χ3v) is 2.94. The lowest BCUT2D eigenvalue weighted by Gasteiger charge is -2.19. The molecule has 22 heavy (non-hydrogen) atoms. The largest absolute Gasteiger partial charge is 0.433 e. The molecule has 1 N–H and O–H groups in total. The molecule has 1 aromatic carbocycles. The van der Waals surface area contributed by atoms with Gasteiger partial charge in [0.25, 0.3) is 5.69 Å². The molecule has 8 heteroatoms. The van der Waals surface area contributed by atoms with E-state index in [1.54, 1.807) is 19.1 Å². The molecule has 0 saturated heterocycles. The minimum atomic E-state index is -0.624. The zero-order valence-electron chi connectivity index (χ0n) is 12.1. The van der Waals surface area contributed by atoms with Crippen molar-refractivity contribution < 1.29 is 19.2 Å². The number of nitro groups is 1. The van der Waals surface area contributed by atoms with Crippen LogP contribution in [-0.2, 0) is 14.3 Å². The molecule has 0 aliphatic carbocycles. The highest BCUT2D eigenvalue weighted by Crippen LogP contribution is 2.25. The molecule has 0 amide bonds. The van der Waals surface area contributed by atoms with Crippen molar-refractivity contribution in [1.82, 2.24) is 5.32 Å². The Morgan fingerprint density at radius 3 is 2.68 bits per heavy atom. The van der Waals surface area contributed by atoms with Gasteiger partial charge in [-0.1, -0.05) is 0 Å². The van der Waals surface area contributed by atoms with Gasteiger partial charge in [0.05, 0.1) is 11.0 Å². The molecule has 0 bridgehead atoms. The van der Waals surface area contributed by atoms with Crippen LogP contribution in [0.4, 0.5) is 5.69 Å². The zero-order valence-corrected chi connectivity index (χ0v) is 12.1. The molecule has 0 aromatic heterocycles. The number of non-ortho nitro benzene ring substituents is 1. The van der Waals surface area contributed by atoms with Crippen molar-refractivity contribution in [2.75, 3.05) is 13.9 Å². The van der Waals surface area contributed by atoms with E-state index in [1.165, 1.54) is 19.2 Å². The average Bonchev–Trinajstić information content (AvgIpc) is 2.52. The van der Waals surface area contributed by atoms with E-state index >= 15 is 0 Å². The fourth-order valence-corrected chi connectivity index (χ4v) is 1.92. The van der Waals surface area contributed by atoms with Crippen LogP contribution in [0, 0.1) is 10.1 Å². The maximum atomic E-state index is 11.8. The van der Waals surface area contributed by atoms with Gasteiger partial charge in [-0.05, 0) is 30.7 Å². The summed E-state index contributed by atoms with van der Waals surface area (Å²) in [5, 5.41) is 13.5. The smallest absolute Gasteiger partial charge is 0.376 e. The Kier molecular flexibility index (Phi) is 4.84. The predicted molar refractivity (Wildman–Crippen MR) is 78.1 cm³/mol. The Labute approximate surface area is 126 Å². The van der Waals surface area contributed by atoms with Gasteiger partial charge in [0.1, 0.15) is 0 Å². The van der Waals surface area contributed by atoms with E-state index in [0.717, 1.165) is 11.3 Å². The van der Waals surface area contributed by atoms with Crippen LogP contribution in [0.25, 0.3) is 0 Å². The molecule has 1 aliphatic rings. The SMILES string of the molecule is COCOC(=O)C1=NC(c2ccc([N+](=O)[O-])cc2)C=C(C)N1. The van der Waals surface area contributed by atoms with Gasteiger partial charge in [-0.15, -0.1) is 0 Å². The van der Waals surface area contributed by atoms with Crippen LogP contribution >= 0.6 is 0 Å². The normalized spacial score (nSPS) is 17.1. The van der Waals surface area contributed by atoms with Gasteiger partial charge in [-0.25, -0.2) is 9.79 Å². The summed E-state index contributed by atoms with van der Waals surface area (Å²) in [6.45, 7) is 1.63. The van der Waals surface area contributed by atoms with Gasteiger partial charge in [0, 0.05) is 24.9 Å². The van der Waals surface area contributed by atoms with Gasteiger partial charge in [0.2, 0.25) is 5.84 Å². The van der Waals surface area contributed by atoms with E-state index in [2.05, 4.69) is 15.0 Å². The third kappa shape index (κ3) is 3.67. The summed E-state index contributed by atoms with van der Waals surface area (Å²) < 4.78 is 9.52. The van der Waals surface area contributed by atoms with E-state index in [1.807, 2.05) is 6.08 Å². The number of ether oxygens (including phenoxy) is 2. The Hall–Kier alpha value is -2.74. The van der Waals surface area contributed by atoms with Crippen molar-refractivity contribution in [3.63, 3.8) is 0 Å². The number of carbonyl (C=O) groups is 1. The number of hydrogen-bond acceptors (Lipinski definition) is 7. The van der Waals surface area contributed by atoms with E-state index in [9.17, 15) is 14.9 Å². The van der Waals surface area contributed by atoms with Gasteiger partial charge < -0.3 is 14.8 Å².